The summed E-state index contributed by atoms with van der Waals surface area (Å²) >= 11 is 0. The second-order valence-electron chi connectivity index (χ2n) is 8.27. The first kappa shape index (κ1) is 30.0. The Balaban J connectivity index is 0.00000298. The van der Waals surface area contributed by atoms with Crippen molar-refractivity contribution in [1.82, 2.24) is 15.3 Å². The Bertz CT molecular complexity index is 883. The smallest absolute Gasteiger partial charge is 0.267 e. The van der Waals surface area contributed by atoms with E-state index in [9.17, 15) is 4.79 Å². The van der Waals surface area contributed by atoms with Gasteiger partial charge in [0.25, 0.3) is 5.91 Å². The van der Waals surface area contributed by atoms with Crippen LogP contribution in [0, 0.1) is 5.41 Å². The summed E-state index contributed by atoms with van der Waals surface area (Å²) in [5.41, 5.74) is 4.60. The lowest BCUT2D eigenvalue weighted by atomic mass is 10.1. The summed E-state index contributed by atoms with van der Waals surface area (Å²) in [7, 11) is 1.93. The summed E-state index contributed by atoms with van der Waals surface area (Å²) in [6.07, 6.45) is 9.97. The number of nitrogens with one attached hydrogen (secondary N) is 2. The van der Waals surface area contributed by atoms with Crippen molar-refractivity contribution in [3.63, 3.8) is 0 Å². The van der Waals surface area contributed by atoms with Gasteiger partial charge in [-0.1, -0.05) is 69.0 Å². The van der Waals surface area contributed by atoms with E-state index in [1.54, 1.807) is 17.6 Å². The topological polar surface area (TPSA) is 88.9 Å². The monoisotopic (exact) mass is 482 g/mol. The minimum atomic E-state index is -0.576. The standard InChI is InChI=1S/C26H36N4O3.C2H6/c1-5-22(12-9-13-26(31)28-32)14-15-25(27)29(4)24(16-23-10-7-6-8-11-23)19-30-17-20(2)33-21(3)18-30;1-2/h5-11,13-14,16,20-21,27,32H,1,12,15,17-19H2,2-4H3,(H,28,31);1-2H3/b13-9+,22-14+,24-16+,27-25?;. The number of likely N-dealkylation sites (N-methyl/N-ethyl adjacent to an activating group) is 1. The highest BCUT2D eigenvalue weighted by Crippen LogP contribution is 2.18. The number of hydrogen-bond donors (Lipinski definition) is 3. The molecule has 35 heavy (non-hydrogen) atoms. The largest absolute Gasteiger partial charge is 0.373 e. The molecule has 0 aliphatic carbocycles. The maximum absolute atomic E-state index is 11.1. The molecule has 3 N–H and O–H groups in total. The molecule has 0 spiro atoms. The molecule has 1 heterocycles. The molecule has 1 aromatic carbocycles. The van der Waals surface area contributed by atoms with Gasteiger partial charge in [-0.05, 0) is 37.5 Å². The van der Waals surface area contributed by atoms with Crippen molar-refractivity contribution in [1.29, 1.82) is 5.41 Å². The number of ether oxygens (including phenoxy) is 1. The first-order valence-electron chi connectivity index (χ1n) is 12.2. The van der Waals surface area contributed by atoms with Gasteiger partial charge in [-0.2, -0.15) is 0 Å². The average molecular weight is 483 g/mol. The Labute approximate surface area is 210 Å². The molecule has 2 atom stereocenters. The van der Waals surface area contributed by atoms with E-state index >= 15 is 0 Å². The Hall–Kier alpha value is -3.00. The number of rotatable bonds is 10. The zero-order valence-corrected chi connectivity index (χ0v) is 21.8. The first-order valence-corrected chi connectivity index (χ1v) is 12.2. The van der Waals surface area contributed by atoms with Gasteiger partial charge in [0.15, 0.2) is 0 Å². The number of hydrogen-bond acceptors (Lipinski definition) is 5. The number of amides is 1. The summed E-state index contributed by atoms with van der Waals surface area (Å²) in [5, 5.41) is 17.2. The van der Waals surface area contributed by atoms with Crippen LogP contribution in [0.15, 0.2) is 72.5 Å². The molecule has 1 amide bonds. The Morgan fingerprint density at radius 1 is 1.23 bits per heavy atom. The van der Waals surface area contributed by atoms with Crippen molar-refractivity contribution < 1.29 is 14.7 Å². The summed E-state index contributed by atoms with van der Waals surface area (Å²) in [6.45, 7) is 14.4. The maximum atomic E-state index is 11.1. The highest BCUT2D eigenvalue weighted by molar-refractivity contribution is 5.86. The van der Waals surface area contributed by atoms with E-state index in [2.05, 4.69) is 43.5 Å². The van der Waals surface area contributed by atoms with Crippen molar-refractivity contribution in [2.45, 2.75) is 52.7 Å². The lowest BCUT2D eigenvalue weighted by Gasteiger charge is -2.37. The highest BCUT2D eigenvalue weighted by atomic mass is 16.5. The van der Waals surface area contributed by atoms with Gasteiger partial charge in [0.05, 0.1) is 12.2 Å². The van der Waals surface area contributed by atoms with Crippen LogP contribution in [-0.4, -0.2) is 65.6 Å². The second-order valence-corrected chi connectivity index (χ2v) is 8.27. The van der Waals surface area contributed by atoms with E-state index in [0.29, 0.717) is 18.7 Å². The van der Waals surface area contributed by atoms with Crippen LogP contribution >= 0.6 is 0 Å². The van der Waals surface area contributed by atoms with Crippen molar-refractivity contribution in [2.24, 2.45) is 0 Å². The van der Waals surface area contributed by atoms with Crippen LogP contribution in [0.25, 0.3) is 6.08 Å². The lowest BCUT2D eigenvalue weighted by Crippen LogP contribution is -2.47. The van der Waals surface area contributed by atoms with Gasteiger partial charge in [-0.15, -0.1) is 0 Å². The molecule has 1 fully saturated rings. The number of carbonyl (C=O) groups excluding carboxylic acids is 1. The van der Waals surface area contributed by atoms with Gasteiger partial charge in [0.1, 0.15) is 5.84 Å². The van der Waals surface area contributed by atoms with E-state index in [0.717, 1.165) is 36.5 Å². The minimum absolute atomic E-state index is 0.176. The van der Waals surface area contributed by atoms with E-state index in [1.165, 1.54) is 6.08 Å². The normalized spacial score (nSPS) is 19.0. The summed E-state index contributed by atoms with van der Waals surface area (Å²) in [5.74, 6) is -0.115. The van der Waals surface area contributed by atoms with E-state index in [-0.39, 0.29) is 12.2 Å². The molecule has 192 valence electrons. The van der Waals surface area contributed by atoms with Crippen LogP contribution in [0.2, 0.25) is 0 Å². The molecule has 1 saturated heterocycles. The summed E-state index contributed by atoms with van der Waals surface area (Å²) in [6, 6.07) is 10.1. The fourth-order valence-electron chi connectivity index (χ4n) is 3.76. The fourth-order valence-corrected chi connectivity index (χ4v) is 3.76. The molecule has 0 aromatic heterocycles. The molecular weight excluding hydrogens is 440 g/mol. The lowest BCUT2D eigenvalue weighted by molar-refractivity contribution is -0.124. The predicted octanol–water partition coefficient (Wildman–Crippen LogP) is 5.03. The quantitative estimate of drug-likeness (QED) is 0.109. The third-order valence-electron chi connectivity index (χ3n) is 5.40. The van der Waals surface area contributed by atoms with E-state index in [1.807, 2.05) is 50.1 Å². The molecule has 0 bridgehead atoms. The molecule has 1 aromatic rings. The Morgan fingerprint density at radius 2 is 1.86 bits per heavy atom. The van der Waals surface area contributed by atoms with E-state index < -0.39 is 5.91 Å². The third-order valence-corrected chi connectivity index (χ3v) is 5.40. The van der Waals surface area contributed by atoms with Gasteiger partial charge in [-0.25, -0.2) is 5.48 Å². The van der Waals surface area contributed by atoms with Crippen molar-refractivity contribution >= 4 is 17.8 Å². The fraction of sp³-hybridized carbons (Fsp3) is 0.429. The van der Waals surface area contributed by atoms with Crippen LogP contribution in [0.1, 0.15) is 46.1 Å². The van der Waals surface area contributed by atoms with Gasteiger partial charge >= 0.3 is 0 Å². The second kappa shape index (κ2) is 16.6. The Morgan fingerprint density at radius 3 is 2.43 bits per heavy atom. The number of morpholine rings is 1. The minimum Gasteiger partial charge on any atom is -0.373 e. The molecule has 1 aliphatic rings. The number of allylic oxidation sites excluding steroid dienone is 3. The zero-order valence-electron chi connectivity index (χ0n) is 21.8. The number of amidine groups is 1. The number of nitrogens with zero attached hydrogens (tertiary/aromatic N) is 2. The molecule has 0 radical (unpaired) electrons. The average Bonchev–Trinajstić information content (AvgIpc) is 2.86. The van der Waals surface area contributed by atoms with Crippen LogP contribution in [0.4, 0.5) is 0 Å². The zero-order chi connectivity index (χ0) is 26.2. The first-order chi connectivity index (χ1) is 16.8. The van der Waals surface area contributed by atoms with Crippen LogP contribution in [-0.2, 0) is 9.53 Å². The number of benzene rings is 1. The van der Waals surface area contributed by atoms with Gasteiger partial charge < -0.3 is 9.64 Å². The van der Waals surface area contributed by atoms with Gasteiger partial charge in [0, 0.05) is 44.9 Å². The highest BCUT2D eigenvalue weighted by Gasteiger charge is 2.24. The number of carbonyl (C=O) groups is 1. The van der Waals surface area contributed by atoms with Crippen molar-refractivity contribution in [2.75, 3.05) is 26.7 Å². The van der Waals surface area contributed by atoms with Crippen LogP contribution in [0.5, 0.6) is 0 Å². The van der Waals surface area contributed by atoms with Crippen LogP contribution < -0.4 is 5.48 Å². The molecule has 2 rings (SSSR count). The van der Waals surface area contributed by atoms with Gasteiger partial charge in [-0.3, -0.25) is 20.3 Å². The summed E-state index contributed by atoms with van der Waals surface area (Å²) < 4.78 is 5.88. The van der Waals surface area contributed by atoms with Crippen molar-refractivity contribution in [3.8, 4) is 0 Å². The predicted molar refractivity (Wildman–Crippen MR) is 144 cm³/mol. The molecule has 1 aliphatic heterocycles. The van der Waals surface area contributed by atoms with E-state index in [4.69, 9.17) is 15.4 Å². The maximum Gasteiger partial charge on any atom is 0.267 e. The summed E-state index contributed by atoms with van der Waals surface area (Å²) in [4.78, 5) is 15.4. The number of hydroxylamine groups is 1. The molecule has 0 saturated carbocycles. The van der Waals surface area contributed by atoms with Gasteiger partial charge in [0.2, 0.25) is 0 Å². The molecule has 7 nitrogen and oxygen atoms in total. The van der Waals surface area contributed by atoms with Crippen molar-refractivity contribution in [3.05, 3.63) is 78.0 Å². The molecule has 7 heteroatoms. The SMILES string of the molecule is C=C/C(=C\CC(=N)N(C)/C(=C/c1ccccc1)CN1CC(C)OC(C)C1)C/C=C/C(=O)NO.CC. The Kier molecular flexibility index (Phi) is 14.2. The third kappa shape index (κ3) is 11.3. The molecule has 2 unspecified atom stereocenters. The molecular formula is C28H42N4O3. The van der Waals surface area contributed by atoms with Crippen LogP contribution in [0.3, 0.4) is 0 Å².